The Hall–Kier alpha value is -4.53. The number of aliphatic hydroxyl groups is 1. The lowest BCUT2D eigenvalue weighted by Crippen LogP contribution is -2.29. The van der Waals surface area contributed by atoms with Crippen LogP contribution < -0.4 is 27.8 Å². The minimum atomic E-state index is -0.443. The molecule has 1 saturated heterocycles. The maximum atomic E-state index is 11.5. The molecule has 2 rings (SSSR count). The average Bonchev–Trinajstić information content (AvgIpc) is 3.31. The Bertz CT molecular complexity index is 1030. The van der Waals surface area contributed by atoms with Crippen LogP contribution in [0.5, 0.6) is 0 Å². The van der Waals surface area contributed by atoms with Crippen molar-refractivity contribution in [2.45, 2.75) is 85.2 Å². The molecule has 0 unspecified atom stereocenters. The van der Waals surface area contributed by atoms with E-state index in [9.17, 15) is 28.8 Å². The van der Waals surface area contributed by atoms with Gasteiger partial charge in [-0.15, -0.1) is 0 Å². The number of hydrogen-bond acceptors (Lipinski definition) is 9. The number of nitrogens with zero attached hydrogens (tertiary/aromatic N) is 1. The Balaban J connectivity index is 0. The third-order valence-electron chi connectivity index (χ3n) is 5.66. The number of imide groups is 1. The van der Waals surface area contributed by atoms with E-state index in [1.807, 2.05) is 6.92 Å². The van der Waals surface area contributed by atoms with E-state index in [-0.39, 0.29) is 55.1 Å². The molecule has 0 bridgehead atoms. The van der Waals surface area contributed by atoms with Crippen molar-refractivity contribution in [3.8, 4) is 0 Å². The number of likely N-dealkylation sites (tertiary alicyclic amines) is 1. The molecular weight excluding hydrogens is 588 g/mol. The van der Waals surface area contributed by atoms with Gasteiger partial charge in [-0.3, -0.25) is 33.7 Å². The van der Waals surface area contributed by atoms with Crippen molar-refractivity contribution >= 4 is 47.7 Å². The molecule has 1 aliphatic heterocycles. The Kier molecular flexibility index (Phi) is 25.6. The molecule has 1 aliphatic rings. The number of primary amides is 3. The molecule has 1 heterocycles. The zero-order valence-corrected chi connectivity index (χ0v) is 26.5. The van der Waals surface area contributed by atoms with Crippen LogP contribution in [-0.4, -0.2) is 71.7 Å². The first-order chi connectivity index (χ1) is 21.3. The third-order valence-corrected chi connectivity index (χ3v) is 5.66. The van der Waals surface area contributed by atoms with Crippen LogP contribution in [0.2, 0.25) is 0 Å². The van der Waals surface area contributed by atoms with Gasteiger partial charge in [0.2, 0.25) is 30.0 Å². The molecule has 7 amide bonds. The van der Waals surface area contributed by atoms with E-state index in [1.165, 1.54) is 4.90 Å². The number of hydrogen-bond donors (Lipinski definition) is 6. The normalized spacial score (nSPS) is 11.5. The summed E-state index contributed by atoms with van der Waals surface area (Å²) in [6, 6.07) is 6.68. The van der Waals surface area contributed by atoms with Crippen LogP contribution in [0, 0.1) is 5.92 Å². The Morgan fingerprint density at radius 2 is 1.56 bits per heavy atom. The SMILES string of the molecule is CC(C)C(=O)OCc1ccc(NC(=O)CCCO)cc1.CCCNC(N)=O.NC(=O)CCCCCN1C(=O)CCC1=O.NC=O. The van der Waals surface area contributed by atoms with Gasteiger partial charge in [-0.25, -0.2) is 4.79 Å². The second kappa shape index (κ2) is 27.0. The van der Waals surface area contributed by atoms with Gasteiger partial charge in [0.05, 0.1) is 5.92 Å². The highest BCUT2D eigenvalue weighted by Gasteiger charge is 2.27. The topological polar surface area (TPSA) is 254 Å². The number of rotatable bonds is 15. The summed E-state index contributed by atoms with van der Waals surface area (Å²) < 4.78 is 5.11. The first-order valence-corrected chi connectivity index (χ1v) is 14.8. The fraction of sp³-hybridized carbons (Fsp3) is 0.567. The zero-order valence-electron chi connectivity index (χ0n) is 26.5. The van der Waals surface area contributed by atoms with Gasteiger partial charge < -0.3 is 37.7 Å². The van der Waals surface area contributed by atoms with Gasteiger partial charge in [-0.1, -0.05) is 39.3 Å². The molecule has 0 aromatic heterocycles. The number of urea groups is 1. The van der Waals surface area contributed by atoms with Crippen LogP contribution in [0.4, 0.5) is 10.5 Å². The van der Waals surface area contributed by atoms with E-state index in [2.05, 4.69) is 16.4 Å². The molecule has 45 heavy (non-hydrogen) atoms. The number of benzene rings is 1. The minimum absolute atomic E-state index is 0.00752. The smallest absolute Gasteiger partial charge is 0.312 e. The van der Waals surface area contributed by atoms with Crippen molar-refractivity contribution in [3.05, 3.63) is 29.8 Å². The number of carbonyl (C=O) groups excluding carboxylic acids is 7. The molecule has 0 aliphatic carbocycles. The summed E-state index contributed by atoms with van der Waals surface area (Å²) >= 11 is 0. The van der Waals surface area contributed by atoms with E-state index in [4.69, 9.17) is 26.1 Å². The Labute approximate surface area is 264 Å². The maximum absolute atomic E-state index is 11.5. The van der Waals surface area contributed by atoms with E-state index < -0.39 is 6.03 Å². The Morgan fingerprint density at radius 3 is 2.00 bits per heavy atom. The van der Waals surface area contributed by atoms with Crippen molar-refractivity contribution in [1.29, 1.82) is 0 Å². The van der Waals surface area contributed by atoms with Gasteiger partial charge in [-0.05, 0) is 43.4 Å². The van der Waals surface area contributed by atoms with Crippen LogP contribution in [0.25, 0.3) is 0 Å². The van der Waals surface area contributed by atoms with Crippen molar-refractivity contribution < 1.29 is 43.4 Å². The van der Waals surface area contributed by atoms with Crippen LogP contribution in [-0.2, 0) is 40.1 Å². The summed E-state index contributed by atoms with van der Waals surface area (Å²) in [5.41, 5.74) is 15.4. The summed E-state index contributed by atoms with van der Waals surface area (Å²) in [7, 11) is 0. The summed E-state index contributed by atoms with van der Waals surface area (Å²) in [4.78, 5) is 75.3. The van der Waals surface area contributed by atoms with Gasteiger partial charge in [0.1, 0.15) is 6.61 Å². The lowest BCUT2D eigenvalue weighted by Gasteiger charge is -2.12. The number of esters is 1. The lowest BCUT2D eigenvalue weighted by atomic mass is 10.2. The van der Waals surface area contributed by atoms with Crippen LogP contribution in [0.3, 0.4) is 0 Å². The van der Waals surface area contributed by atoms with Gasteiger partial charge >= 0.3 is 12.0 Å². The van der Waals surface area contributed by atoms with Crippen molar-refractivity contribution in [1.82, 2.24) is 10.2 Å². The van der Waals surface area contributed by atoms with E-state index >= 15 is 0 Å². The molecule has 9 N–H and O–H groups in total. The standard InChI is InChI=1S/C15H21NO4.C10H16N2O3.C4H10N2O.CH3NO/c1-11(2)15(19)20-10-12-5-7-13(8-6-12)16-14(18)4-3-9-17;11-8(13)4-2-1-3-7-12-9(14)5-6-10(12)15;1-2-3-6-4(5)7;2-1-3/h5-8,11,17H,3-4,9-10H2,1-2H3,(H,16,18);1-7H2,(H2,11,13);2-3H2,1H3,(H3,5,6,7);1H,(H2,2,3). The van der Waals surface area contributed by atoms with Crippen LogP contribution in [0.15, 0.2) is 24.3 Å². The summed E-state index contributed by atoms with van der Waals surface area (Å²) in [5, 5.41) is 13.8. The number of ether oxygens (including phenoxy) is 1. The molecule has 0 radical (unpaired) electrons. The number of aliphatic hydroxyl groups excluding tert-OH is 1. The average molecular weight is 639 g/mol. The second-order valence-corrected chi connectivity index (χ2v) is 9.98. The highest BCUT2D eigenvalue weighted by atomic mass is 16.5. The van der Waals surface area contributed by atoms with Crippen molar-refractivity contribution in [2.75, 3.05) is 25.0 Å². The molecule has 0 spiro atoms. The Morgan fingerprint density at radius 1 is 0.978 bits per heavy atom. The predicted molar refractivity (Wildman–Crippen MR) is 168 cm³/mol. The minimum Gasteiger partial charge on any atom is -0.461 e. The van der Waals surface area contributed by atoms with Gasteiger partial charge in [0.25, 0.3) is 0 Å². The molecule has 1 aromatic rings. The van der Waals surface area contributed by atoms with Gasteiger partial charge in [-0.2, -0.15) is 0 Å². The van der Waals surface area contributed by atoms with Crippen LogP contribution in [0.1, 0.15) is 84.1 Å². The number of nitrogens with two attached hydrogens (primary N) is 3. The van der Waals surface area contributed by atoms with Crippen molar-refractivity contribution in [2.24, 2.45) is 23.1 Å². The summed E-state index contributed by atoms with van der Waals surface area (Å²) in [6.45, 7) is 6.94. The summed E-state index contributed by atoms with van der Waals surface area (Å²) in [5.74, 6) is -0.947. The second-order valence-electron chi connectivity index (χ2n) is 9.98. The third kappa shape index (κ3) is 24.6. The molecule has 15 heteroatoms. The molecular formula is C30H50N6O9. The van der Waals surface area contributed by atoms with Gasteiger partial charge in [0.15, 0.2) is 0 Å². The molecule has 1 fully saturated rings. The van der Waals surface area contributed by atoms with E-state index in [0.29, 0.717) is 50.9 Å². The van der Waals surface area contributed by atoms with Crippen LogP contribution >= 0.6 is 0 Å². The van der Waals surface area contributed by atoms with E-state index in [0.717, 1.165) is 31.2 Å². The monoisotopic (exact) mass is 638 g/mol. The molecule has 0 atom stereocenters. The quantitative estimate of drug-likeness (QED) is 0.0702. The number of unbranched alkanes of at least 4 members (excludes halogenated alkanes) is 2. The molecule has 254 valence electrons. The van der Waals surface area contributed by atoms with Gasteiger partial charge in [0, 0.05) is 51.1 Å². The highest BCUT2D eigenvalue weighted by Crippen LogP contribution is 2.13. The zero-order chi connectivity index (χ0) is 34.6. The lowest BCUT2D eigenvalue weighted by molar-refractivity contribution is -0.148. The molecule has 0 saturated carbocycles. The molecule has 15 nitrogen and oxygen atoms in total. The fourth-order valence-corrected chi connectivity index (χ4v) is 3.33. The molecule has 1 aromatic carbocycles. The predicted octanol–water partition coefficient (Wildman–Crippen LogP) is 1.44. The van der Waals surface area contributed by atoms with E-state index in [1.54, 1.807) is 38.1 Å². The largest absolute Gasteiger partial charge is 0.461 e. The number of anilines is 1. The summed E-state index contributed by atoms with van der Waals surface area (Å²) in [6.07, 6.45) is 5.31. The first kappa shape index (κ1) is 42.6. The number of carbonyl (C=O) groups is 7. The maximum Gasteiger partial charge on any atom is 0.312 e. The highest BCUT2D eigenvalue weighted by molar-refractivity contribution is 6.01. The number of nitrogens with one attached hydrogen (secondary N) is 2. The number of amides is 7. The fourth-order valence-electron chi connectivity index (χ4n) is 3.33. The first-order valence-electron chi connectivity index (χ1n) is 14.8. The van der Waals surface area contributed by atoms with Crippen molar-refractivity contribution in [3.63, 3.8) is 0 Å².